The molecule has 0 saturated heterocycles. The molecule has 2 atom stereocenters. The summed E-state index contributed by atoms with van der Waals surface area (Å²) in [7, 11) is 1.17. The van der Waals surface area contributed by atoms with E-state index < -0.39 is 54.7 Å². The summed E-state index contributed by atoms with van der Waals surface area (Å²) in [6, 6.07) is 6.16. The molecule has 0 heterocycles. The number of carbonyl (C=O) groups excluding carboxylic acids is 4. The molecule has 3 amide bonds. The van der Waals surface area contributed by atoms with Crippen LogP contribution in [0.15, 0.2) is 24.3 Å². The highest BCUT2D eigenvalue weighted by Gasteiger charge is 2.35. The predicted molar refractivity (Wildman–Crippen MR) is 120 cm³/mol. The number of methoxy groups -OCH3 is 1. The number of terminal acetylenes is 1. The van der Waals surface area contributed by atoms with Crippen molar-refractivity contribution in [3.05, 3.63) is 35.4 Å². The lowest BCUT2D eigenvalue weighted by atomic mass is 10.0. The van der Waals surface area contributed by atoms with E-state index in [2.05, 4.69) is 21.4 Å². The maximum atomic E-state index is 13.1. The average Bonchev–Trinajstić information content (AvgIpc) is 2.77. The molecule has 0 fully saturated rings. The minimum absolute atomic E-state index is 0.370. The summed E-state index contributed by atoms with van der Waals surface area (Å²) >= 11 is 0. The fourth-order valence-corrected chi connectivity index (χ4v) is 2.75. The number of hydrogen-bond donors (Lipinski definition) is 3. The number of hydrogen-bond acceptors (Lipinski definition) is 7. The van der Waals surface area contributed by atoms with Crippen LogP contribution in [0, 0.1) is 12.5 Å². The smallest absolute Gasteiger partial charge is 0.408 e. The highest BCUT2D eigenvalue weighted by atomic mass is 16.6. The Morgan fingerprint density at radius 1 is 1.18 bits per heavy atom. The van der Waals surface area contributed by atoms with Crippen molar-refractivity contribution in [2.45, 2.75) is 51.8 Å². The van der Waals surface area contributed by atoms with Crippen molar-refractivity contribution in [2.75, 3.05) is 20.3 Å². The summed E-state index contributed by atoms with van der Waals surface area (Å²) in [5.74, 6) is -2.35. The van der Waals surface area contributed by atoms with Crippen molar-refractivity contribution in [3.63, 3.8) is 0 Å². The topological polar surface area (TPSA) is 134 Å². The van der Waals surface area contributed by atoms with E-state index in [1.54, 1.807) is 45.0 Å². The summed E-state index contributed by atoms with van der Waals surface area (Å²) in [5.41, 5.74) is 0.525. The zero-order valence-electron chi connectivity index (χ0n) is 19.5. The molecule has 3 N–H and O–H groups in total. The van der Waals surface area contributed by atoms with Crippen LogP contribution >= 0.6 is 0 Å². The summed E-state index contributed by atoms with van der Waals surface area (Å²) in [6.07, 6.45) is 5.39. The van der Waals surface area contributed by atoms with E-state index in [4.69, 9.17) is 11.2 Å². The summed E-state index contributed by atoms with van der Waals surface area (Å²) in [5, 5.41) is 14.3. The molecule has 0 radical (unpaired) electrons. The largest absolute Gasteiger partial charge is 0.468 e. The number of rotatable bonds is 9. The normalized spacial score (nSPS) is 12.5. The molecule has 0 aliphatic carbocycles. The van der Waals surface area contributed by atoms with Gasteiger partial charge in [0.05, 0.1) is 13.7 Å². The van der Waals surface area contributed by atoms with Gasteiger partial charge in [0.25, 0.3) is 5.91 Å². The van der Waals surface area contributed by atoms with Gasteiger partial charge in [-0.2, -0.15) is 0 Å². The minimum atomic E-state index is -1.47. The highest BCUT2D eigenvalue weighted by molar-refractivity contribution is 5.94. The quantitative estimate of drug-likeness (QED) is 0.282. The minimum Gasteiger partial charge on any atom is -0.468 e. The third-order valence-corrected chi connectivity index (χ3v) is 4.39. The number of aliphatic hydroxyl groups excluding tert-OH is 1. The van der Waals surface area contributed by atoms with Crippen LogP contribution < -0.4 is 10.6 Å². The van der Waals surface area contributed by atoms with Crippen molar-refractivity contribution in [1.29, 1.82) is 0 Å². The zero-order valence-corrected chi connectivity index (χ0v) is 19.5. The first-order chi connectivity index (χ1) is 15.5. The lowest BCUT2D eigenvalue weighted by Gasteiger charge is -2.29. The van der Waals surface area contributed by atoms with Gasteiger partial charge < -0.3 is 25.2 Å². The van der Waals surface area contributed by atoms with Crippen LogP contribution in [-0.4, -0.2) is 65.8 Å². The predicted octanol–water partition coefficient (Wildman–Crippen LogP) is 0.884. The van der Waals surface area contributed by atoms with E-state index in [1.165, 1.54) is 7.11 Å². The molecule has 2 unspecified atom stereocenters. The van der Waals surface area contributed by atoms with Crippen molar-refractivity contribution >= 4 is 23.9 Å². The van der Waals surface area contributed by atoms with Crippen LogP contribution in [0.25, 0.3) is 0 Å². The van der Waals surface area contributed by atoms with E-state index in [-0.39, 0.29) is 0 Å². The number of alkyl carbamates (subject to hydrolysis) is 1. The molecule has 0 spiro atoms. The van der Waals surface area contributed by atoms with Gasteiger partial charge in [-0.1, -0.05) is 37.6 Å². The SMILES string of the molecule is C#CN(C(=O)C(CO)NC(=O)OC(C)(C)C)C(C(=O)NCC(=O)OC)c1ccc(CC)cc1. The van der Waals surface area contributed by atoms with Crippen molar-refractivity contribution in [3.8, 4) is 12.5 Å². The first-order valence-corrected chi connectivity index (χ1v) is 10.3. The number of aryl methyl sites for hydroxylation is 1. The lowest BCUT2D eigenvalue weighted by Crippen LogP contribution is -2.53. The van der Waals surface area contributed by atoms with Crippen LogP contribution in [0.2, 0.25) is 0 Å². The van der Waals surface area contributed by atoms with Gasteiger partial charge in [-0.05, 0) is 38.3 Å². The van der Waals surface area contributed by atoms with E-state index >= 15 is 0 Å². The highest BCUT2D eigenvalue weighted by Crippen LogP contribution is 2.23. The molecule has 33 heavy (non-hydrogen) atoms. The number of ether oxygens (including phenoxy) is 2. The third kappa shape index (κ3) is 8.46. The van der Waals surface area contributed by atoms with Gasteiger partial charge in [0.15, 0.2) is 0 Å². The van der Waals surface area contributed by atoms with Gasteiger partial charge in [-0.25, -0.2) is 4.79 Å². The van der Waals surface area contributed by atoms with Gasteiger partial charge in [-0.15, -0.1) is 0 Å². The zero-order chi connectivity index (χ0) is 25.2. The Labute approximate surface area is 193 Å². The molecule has 0 aromatic heterocycles. The number of amides is 3. The van der Waals surface area contributed by atoms with E-state index in [0.29, 0.717) is 5.56 Å². The molecule has 0 aliphatic rings. The number of esters is 1. The molecular weight excluding hydrogens is 430 g/mol. The second-order valence-electron chi connectivity index (χ2n) is 8.01. The molecule has 1 aromatic rings. The molecule has 0 saturated carbocycles. The first-order valence-electron chi connectivity index (χ1n) is 10.3. The van der Waals surface area contributed by atoms with Crippen LogP contribution in [0.4, 0.5) is 4.79 Å². The molecule has 1 aromatic carbocycles. The van der Waals surface area contributed by atoms with Crippen LogP contribution in [-0.2, 0) is 30.3 Å². The monoisotopic (exact) mass is 461 g/mol. The number of nitrogens with one attached hydrogen (secondary N) is 2. The maximum absolute atomic E-state index is 13.1. The summed E-state index contributed by atoms with van der Waals surface area (Å²) in [4.78, 5) is 50.4. The second-order valence-corrected chi connectivity index (χ2v) is 8.01. The number of carbonyl (C=O) groups is 4. The second kappa shape index (κ2) is 12.5. The first kappa shape index (κ1) is 27.5. The Balaban J connectivity index is 3.26. The Morgan fingerprint density at radius 2 is 1.79 bits per heavy atom. The molecule has 180 valence electrons. The van der Waals surface area contributed by atoms with Gasteiger partial charge in [0.1, 0.15) is 24.2 Å². The average molecular weight is 462 g/mol. The lowest BCUT2D eigenvalue weighted by molar-refractivity contribution is -0.143. The number of nitrogens with zero attached hydrogens (tertiary/aromatic N) is 1. The molecule has 10 heteroatoms. The maximum Gasteiger partial charge on any atom is 0.408 e. The fourth-order valence-electron chi connectivity index (χ4n) is 2.75. The van der Waals surface area contributed by atoms with E-state index in [0.717, 1.165) is 16.9 Å². The molecule has 10 nitrogen and oxygen atoms in total. The fraction of sp³-hybridized carbons (Fsp3) is 0.478. The van der Waals surface area contributed by atoms with Gasteiger partial charge in [0, 0.05) is 6.04 Å². The molecular formula is C23H31N3O7. The van der Waals surface area contributed by atoms with Gasteiger partial charge in [0.2, 0.25) is 5.91 Å². The van der Waals surface area contributed by atoms with Crippen molar-refractivity contribution in [1.82, 2.24) is 15.5 Å². The Hall–Kier alpha value is -3.58. The van der Waals surface area contributed by atoms with Crippen molar-refractivity contribution in [2.24, 2.45) is 0 Å². The number of aliphatic hydroxyl groups is 1. The summed E-state index contributed by atoms with van der Waals surface area (Å²) < 4.78 is 9.64. The third-order valence-electron chi connectivity index (χ3n) is 4.39. The molecule has 1 rings (SSSR count). The van der Waals surface area contributed by atoms with Gasteiger partial charge in [-0.3, -0.25) is 19.3 Å². The Morgan fingerprint density at radius 3 is 2.24 bits per heavy atom. The Kier molecular flexibility index (Phi) is 10.4. The van der Waals surface area contributed by atoms with E-state index in [1.807, 2.05) is 6.92 Å². The van der Waals surface area contributed by atoms with E-state index in [9.17, 15) is 24.3 Å². The molecule has 0 bridgehead atoms. The van der Waals surface area contributed by atoms with Crippen molar-refractivity contribution < 1.29 is 33.8 Å². The van der Waals surface area contributed by atoms with Crippen LogP contribution in [0.1, 0.15) is 44.9 Å². The summed E-state index contributed by atoms with van der Waals surface area (Å²) in [6.45, 7) is 5.64. The van der Waals surface area contributed by atoms with Crippen LogP contribution in [0.3, 0.4) is 0 Å². The standard InChI is InChI=1S/C23H31N3O7/c1-7-15-9-11-16(12-10-15)19(20(29)24-13-18(28)32-6)26(8-2)21(30)17(14-27)25-22(31)33-23(3,4)5/h2,9-12,17,19,27H,7,13-14H2,1,3-6H3,(H,24,29)(H,25,31). The van der Waals surface area contributed by atoms with Crippen LogP contribution in [0.5, 0.6) is 0 Å². The Bertz CT molecular complexity index is 885. The molecule has 0 aliphatic heterocycles. The number of benzene rings is 1. The van der Waals surface area contributed by atoms with Gasteiger partial charge >= 0.3 is 12.1 Å².